The van der Waals surface area contributed by atoms with E-state index in [9.17, 15) is 18.3 Å². The van der Waals surface area contributed by atoms with E-state index < -0.39 is 15.9 Å². The van der Waals surface area contributed by atoms with Crippen LogP contribution in [0.15, 0.2) is 65.8 Å². The fourth-order valence-electron chi connectivity index (χ4n) is 3.03. The van der Waals surface area contributed by atoms with Gasteiger partial charge in [-0.2, -0.15) is 5.10 Å². The van der Waals surface area contributed by atoms with Crippen LogP contribution in [0.5, 0.6) is 11.5 Å². The van der Waals surface area contributed by atoms with Gasteiger partial charge in [0.2, 0.25) is 10.0 Å². The Morgan fingerprint density at radius 1 is 1.12 bits per heavy atom. The summed E-state index contributed by atoms with van der Waals surface area (Å²) in [5, 5.41) is 14.3. The summed E-state index contributed by atoms with van der Waals surface area (Å²) >= 11 is 12.3. The van der Waals surface area contributed by atoms with Crippen molar-refractivity contribution in [1.82, 2.24) is 5.43 Å². The predicted octanol–water partition coefficient (Wildman–Crippen LogP) is 4.44. The Morgan fingerprint density at radius 2 is 1.79 bits per heavy atom. The smallest absolute Gasteiger partial charge is 0.271 e. The average molecular weight is 522 g/mol. The summed E-state index contributed by atoms with van der Waals surface area (Å²) in [5.41, 5.74) is 3.94. The molecule has 3 aromatic carbocycles. The summed E-state index contributed by atoms with van der Waals surface area (Å²) in [6.45, 7) is -0.00589. The number of carbonyl (C=O) groups excluding carboxylic acids is 1. The van der Waals surface area contributed by atoms with Crippen LogP contribution in [0, 0.1) is 0 Å². The lowest BCUT2D eigenvalue weighted by atomic mass is 10.1. The molecule has 2 N–H and O–H groups in total. The number of phenols is 1. The molecule has 0 aliphatic rings. The Kier molecular flexibility index (Phi) is 8.03. The second kappa shape index (κ2) is 10.8. The van der Waals surface area contributed by atoms with E-state index in [1.54, 1.807) is 60.7 Å². The molecule has 0 aliphatic heterocycles. The highest BCUT2D eigenvalue weighted by molar-refractivity contribution is 7.92. The van der Waals surface area contributed by atoms with Gasteiger partial charge in [-0.1, -0.05) is 47.5 Å². The van der Waals surface area contributed by atoms with Gasteiger partial charge in [0.15, 0.2) is 11.5 Å². The van der Waals surface area contributed by atoms with Crippen LogP contribution in [-0.2, 0) is 16.6 Å². The highest BCUT2D eigenvalue weighted by Gasteiger charge is 2.21. The largest absolute Gasteiger partial charge is 0.504 e. The number of amides is 1. The number of nitrogens with one attached hydrogen (secondary N) is 1. The number of ether oxygens (including phenoxy) is 1. The maximum Gasteiger partial charge on any atom is 0.271 e. The standard InChI is InChI=1S/C23H21Cl2N3O5S/c1-33-20-8-3-5-17(22(20)29)13-26-27-23(30)16-11-9-15(10-12-16)14-28(34(2,31)32)19-7-4-6-18(24)21(19)25/h3-13,29H,14H2,1-2H3,(H,27,30)/b26-13-. The summed E-state index contributed by atoms with van der Waals surface area (Å²) < 4.78 is 31.0. The summed E-state index contributed by atoms with van der Waals surface area (Å²) in [6.07, 6.45) is 2.37. The number of hydrogen-bond acceptors (Lipinski definition) is 6. The number of methoxy groups -OCH3 is 1. The number of anilines is 1. The number of carbonyl (C=O) groups is 1. The van der Waals surface area contributed by atoms with Crippen LogP contribution in [0.2, 0.25) is 10.0 Å². The van der Waals surface area contributed by atoms with E-state index in [4.69, 9.17) is 27.9 Å². The van der Waals surface area contributed by atoms with Crippen molar-refractivity contribution in [3.63, 3.8) is 0 Å². The van der Waals surface area contributed by atoms with Gasteiger partial charge < -0.3 is 9.84 Å². The number of aromatic hydroxyl groups is 1. The van der Waals surface area contributed by atoms with Gasteiger partial charge in [0.25, 0.3) is 5.91 Å². The van der Waals surface area contributed by atoms with Gasteiger partial charge in [0, 0.05) is 11.1 Å². The number of rotatable bonds is 8. The molecular formula is C23H21Cl2N3O5S. The van der Waals surface area contributed by atoms with Crippen molar-refractivity contribution in [1.29, 1.82) is 0 Å². The molecule has 0 heterocycles. The predicted molar refractivity (Wildman–Crippen MR) is 134 cm³/mol. The van der Waals surface area contributed by atoms with Crippen LogP contribution in [0.4, 0.5) is 5.69 Å². The molecule has 11 heteroatoms. The fraction of sp³-hybridized carbons (Fsp3) is 0.130. The van der Waals surface area contributed by atoms with Crippen molar-refractivity contribution in [2.24, 2.45) is 5.10 Å². The third kappa shape index (κ3) is 5.99. The van der Waals surface area contributed by atoms with Crippen molar-refractivity contribution in [2.45, 2.75) is 6.54 Å². The molecule has 0 unspecified atom stereocenters. The maximum absolute atomic E-state index is 12.4. The molecule has 178 valence electrons. The number of nitrogens with zero attached hydrogens (tertiary/aromatic N) is 2. The first-order valence-corrected chi connectivity index (χ1v) is 12.4. The SMILES string of the molecule is COc1cccc(/C=N\NC(=O)c2ccc(CN(c3cccc(Cl)c3Cl)S(C)(=O)=O)cc2)c1O. The highest BCUT2D eigenvalue weighted by atomic mass is 35.5. The van der Waals surface area contributed by atoms with Crippen LogP contribution in [0.25, 0.3) is 0 Å². The van der Waals surface area contributed by atoms with Crippen LogP contribution >= 0.6 is 23.2 Å². The normalized spacial score (nSPS) is 11.4. The molecule has 3 rings (SSSR count). The van der Waals surface area contributed by atoms with Gasteiger partial charge in [-0.25, -0.2) is 13.8 Å². The number of hydrogen-bond donors (Lipinski definition) is 2. The van der Waals surface area contributed by atoms with Gasteiger partial charge in [0.05, 0.1) is 41.9 Å². The Hall–Kier alpha value is -3.27. The van der Waals surface area contributed by atoms with E-state index in [1.807, 2.05) is 0 Å². The summed E-state index contributed by atoms with van der Waals surface area (Å²) in [6, 6.07) is 16.0. The molecule has 34 heavy (non-hydrogen) atoms. The average Bonchev–Trinajstić information content (AvgIpc) is 2.80. The Bertz CT molecular complexity index is 1330. The number of hydrazone groups is 1. The summed E-state index contributed by atoms with van der Waals surface area (Å²) in [4.78, 5) is 12.4. The summed E-state index contributed by atoms with van der Waals surface area (Å²) in [5.74, 6) is -0.293. The molecule has 1 amide bonds. The van der Waals surface area contributed by atoms with Crippen molar-refractivity contribution in [3.05, 3.63) is 87.4 Å². The second-order valence-electron chi connectivity index (χ2n) is 7.14. The molecule has 0 aromatic heterocycles. The molecular weight excluding hydrogens is 501 g/mol. The van der Waals surface area contributed by atoms with Gasteiger partial charge >= 0.3 is 0 Å². The minimum atomic E-state index is -3.67. The fourth-order valence-corrected chi connectivity index (χ4v) is 4.37. The monoisotopic (exact) mass is 521 g/mol. The van der Waals surface area contributed by atoms with E-state index in [1.165, 1.54) is 13.3 Å². The third-order valence-corrected chi connectivity index (χ3v) is 6.70. The Labute approximate surface area is 207 Å². The Balaban J connectivity index is 1.72. The van der Waals surface area contributed by atoms with Gasteiger partial charge in [-0.05, 0) is 42.0 Å². The van der Waals surface area contributed by atoms with E-state index in [-0.39, 0.29) is 33.8 Å². The van der Waals surface area contributed by atoms with Gasteiger partial charge in [-0.3, -0.25) is 9.10 Å². The van der Waals surface area contributed by atoms with Crippen LogP contribution < -0.4 is 14.5 Å². The van der Waals surface area contributed by atoms with Crippen molar-refractivity contribution in [2.75, 3.05) is 17.7 Å². The molecule has 0 bridgehead atoms. The maximum atomic E-state index is 12.4. The minimum absolute atomic E-state index is 0.00589. The molecule has 0 fully saturated rings. The van der Waals surface area contributed by atoms with Crippen molar-refractivity contribution < 1.29 is 23.1 Å². The lowest BCUT2D eigenvalue weighted by Gasteiger charge is -2.24. The van der Waals surface area contributed by atoms with Crippen LogP contribution in [0.1, 0.15) is 21.5 Å². The number of para-hydroxylation sites is 1. The molecule has 0 spiro atoms. The second-order valence-corrected chi connectivity index (χ2v) is 9.83. The van der Waals surface area contributed by atoms with Crippen molar-refractivity contribution >= 4 is 51.0 Å². The van der Waals surface area contributed by atoms with Crippen LogP contribution in [0.3, 0.4) is 0 Å². The van der Waals surface area contributed by atoms with E-state index in [0.717, 1.165) is 10.6 Å². The molecule has 0 radical (unpaired) electrons. The molecule has 0 saturated heterocycles. The zero-order valence-electron chi connectivity index (χ0n) is 18.2. The Morgan fingerprint density at radius 3 is 2.44 bits per heavy atom. The topological polar surface area (TPSA) is 108 Å². The zero-order valence-corrected chi connectivity index (χ0v) is 20.5. The lowest BCUT2D eigenvalue weighted by molar-refractivity contribution is 0.0955. The molecule has 0 saturated carbocycles. The first-order chi connectivity index (χ1) is 16.1. The van der Waals surface area contributed by atoms with Crippen molar-refractivity contribution in [3.8, 4) is 11.5 Å². The van der Waals surface area contributed by atoms with Crippen LogP contribution in [-0.4, -0.2) is 39.0 Å². The van der Waals surface area contributed by atoms with Gasteiger partial charge in [-0.15, -0.1) is 0 Å². The zero-order chi connectivity index (χ0) is 24.9. The summed E-state index contributed by atoms with van der Waals surface area (Å²) in [7, 11) is -2.24. The quantitative estimate of drug-likeness (QED) is 0.336. The third-order valence-electron chi connectivity index (χ3n) is 4.76. The molecule has 3 aromatic rings. The lowest BCUT2D eigenvalue weighted by Crippen LogP contribution is -2.29. The van der Waals surface area contributed by atoms with E-state index >= 15 is 0 Å². The van der Waals surface area contributed by atoms with E-state index in [2.05, 4.69) is 10.5 Å². The highest BCUT2D eigenvalue weighted by Crippen LogP contribution is 2.34. The number of halogens is 2. The molecule has 8 nitrogen and oxygen atoms in total. The number of phenolic OH excluding ortho intramolecular Hbond substituents is 1. The molecule has 0 atom stereocenters. The molecule has 0 aliphatic carbocycles. The minimum Gasteiger partial charge on any atom is -0.504 e. The number of sulfonamides is 1. The first kappa shape index (κ1) is 25.4. The van der Waals surface area contributed by atoms with E-state index in [0.29, 0.717) is 16.7 Å². The number of benzene rings is 3. The first-order valence-electron chi connectivity index (χ1n) is 9.82. The van der Waals surface area contributed by atoms with Gasteiger partial charge in [0.1, 0.15) is 0 Å².